The van der Waals surface area contributed by atoms with Crippen LogP contribution in [0.3, 0.4) is 0 Å². The van der Waals surface area contributed by atoms with Crippen LogP contribution >= 0.6 is 11.3 Å². The van der Waals surface area contributed by atoms with Crippen molar-refractivity contribution < 1.29 is 12.9 Å². The van der Waals surface area contributed by atoms with Gasteiger partial charge in [-0.25, -0.2) is 13.4 Å². The number of aryl methyl sites for hydroxylation is 1. The molecule has 0 amide bonds. The molecular formula is C17H19N3O3S2. The monoisotopic (exact) mass is 377 g/mol. The number of benzene rings is 1. The first-order valence-electron chi connectivity index (χ1n) is 7.87. The third kappa shape index (κ3) is 4.52. The maximum atomic E-state index is 12.3. The van der Waals surface area contributed by atoms with Gasteiger partial charge in [-0.3, -0.25) is 0 Å². The zero-order chi connectivity index (χ0) is 18.0. The summed E-state index contributed by atoms with van der Waals surface area (Å²) in [7, 11) is -3.40. The maximum absolute atomic E-state index is 12.3. The lowest BCUT2D eigenvalue weighted by Gasteiger charge is -2.05. The van der Waals surface area contributed by atoms with Crippen molar-refractivity contribution in [1.29, 1.82) is 0 Å². The second-order valence-electron chi connectivity index (χ2n) is 6.18. The van der Waals surface area contributed by atoms with E-state index in [0.29, 0.717) is 17.5 Å². The first-order chi connectivity index (χ1) is 11.8. The van der Waals surface area contributed by atoms with Crippen molar-refractivity contribution in [2.75, 3.05) is 0 Å². The Morgan fingerprint density at radius 3 is 2.44 bits per heavy atom. The standard InChI is InChI=1S/C17H19N3O3S2/c1-11(2)13-4-6-14(7-5-13)17-19-15(8-24-17)9-25(21,22)10-16-18-12(3)23-20-16/h4-8,11H,9-10H2,1-3H3. The molecule has 3 aromatic rings. The molecule has 2 aromatic heterocycles. The quantitative estimate of drug-likeness (QED) is 0.650. The van der Waals surface area contributed by atoms with Crippen LogP contribution in [-0.4, -0.2) is 23.5 Å². The topological polar surface area (TPSA) is 86.0 Å². The molecule has 0 aliphatic carbocycles. The Hall–Kier alpha value is -2.06. The van der Waals surface area contributed by atoms with Gasteiger partial charge < -0.3 is 4.52 Å². The molecule has 0 bridgehead atoms. The van der Waals surface area contributed by atoms with Crippen LogP contribution in [0.2, 0.25) is 0 Å². The Labute approximate surface area is 150 Å². The minimum absolute atomic E-state index is 0.138. The van der Waals surface area contributed by atoms with Crippen LogP contribution in [0.5, 0.6) is 0 Å². The van der Waals surface area contributed by atoms with Crippen molar-refractivity contribution in [2.24, 2.45) is 0 Å². The summed E-state index contributed by atoms with van der Waals surface area (Å²) >= 11 is 1.44. The van der Waals surface area contributed by atoms with Crippen molar-refractivity contribution in [3.05, 3.63) is 52.6 Å². The van der Waals surface area contributed by atoms with Gasteiger partial charge in [0.1, 0.15) is 10.8 Å². The molecular weight excluding hydrogens is 358 g/mol. The van der Waals surface area contributed by atoms with Crippen molar-refractivity contribution in [3.63, 3.8) is 0 Å². The van der Waals surface area contributed by atoms with E-state index in [1.165, 1.54) is 16.9 Å². The predicted molar refractivity (Wildman–Crippen MR) is 97.0 cm³/mol. The van der Waals surface area contributed by atoms with E-state index in [1.54, 1.807) is 12.3 Å². The van der Waals surface area contributed by atoms with E-state index < -0.39 is 9.84 Å². The molecule has 0 atom stereocenters. The average molecular weight is 377 g/mol. The number of rotatable bonds is 6. The first kappa shape index (κ1) is 17.8. The molecule has 1 aromatic carbocycles. The summed E-state index contributed by atoms with van der Waals surface area (Å²) in [6.07, 6.45) is 0. The molecule has 6 nitrogen and oxygen atoms in total. The van der Waals surface area contributed by atoms with Crippen molar-refractivity contribution in [2.45, 2.75) is 38.2 Å². The number of aromatic nitrogens is 3. The highest BCUT2D eigenvalue weighted by Crippen LogP contribution is 2.26. The minimum Gasteiger partial charge on any atom is -0.340 e. The van der Waals surface area contributed by atoms with Crippen LogP contribution in [0.25, 0.3) is 10.6 Å². The number of sulfone groups is 1. The Kier molecular flexibility index (Phi) is 5.01. The molecule has 3 rings (SSSR count). The SMILES string of the molecule is Cc1nc(CS(=O)(=O)Cc2csc(-c3ccc(C(C)C)cc3)n2)no1. The van der Waals surface area contributed by atoms with Gasteiger partial charge in [0.25, 0.3) is 0 Å². The average Bonchev–Trinajstić information content (AvgIpc) is 3.15. The molecule has 2 heterocycles. The summed E-state index contributed by atoms with van der Waals surface area (Å²) in [5, 5.41) is 6.23. The Morgan fingerprint density at radius 2 is 1.84 bits per heavy atom. The Bertz CT molecular complexity index is 957. The molecule has 132 valence electrons. The van der Waals surface area contributed by atoms with Gasteiger partial charge in [0.05, 0.1) is 11.4 Å². The van der Waals surface area contributed by atoms with Gasteiger partial charge in [0.2, 0.25) is 5.89 Å². The molecule has 8 heteroatoms. The predicted octanol–water partition coefficient (Wildman–Crippen LogP) is 3.74. The van der Waals surface area contributed by atoms with E-state index in [4.69, 9.17) is 4.52 Å². The fourth-order valence-electron chi connectivity index (χ4n) is 2.39. The second kappa shape index (κ2) is 7.05. The smallest absolute Gasteiger partial charge is 0.223 e. The summed E-state index contributed by atoms with van der Waals surface area (Å²) in [4.78, 5) is 8.40. The van der Waals surface area contributed by atoms with Crippen LogP contribution in [0, 0.1) is 6.92 Å². The van der Waals surface area contributed by atoms with E-state index in [0.717, 1.165) is 10.6 Å². The van der Waals surface area contributed by atoms with Crippen LogP contribution in [0.15, 0.2) is 34.2 Å². The summed E-state index contributed by atoms with van der Waals surface area (Å²) in [6.45, 7) is 5.92. The van der Waals surface area contributed by atoms with E-state index in [-0.39, 0.29) is 17.3 Å². The lowest BCUT2D eigenvalue weighted by Crippen LogP contribution is -2.09. The molecule has 0 saturated heterocycles. The molecule has 25 heavy (non-hydrogen) atoms. The molecule has 0 fully saturated rings. The van der Waals surface area contributed by atoms with Crippen LogP contribution in [-0.2, 0) is 21.3 Å². The van der Waals surface area contributed by atoms with Gasteiger partial charge in [-0.1, -0.05) is 43.3 Å². The van der Waals surface area contributed by atoms with Gasteiger partial charge >= 0.3 is 0 Å². The summed E-state index contributed by atoms with van der Waals surface area (Å²) < 4.78 is 29.4. The Balaban J connectivity index is 1.72. The third-order valence-electron chi connectivity index (χ3n) is 3.66. The molecule has 0 unspecified atom stereocenters. The molecule has 0 radical (unpaired) electrons. The first-order valence-corrected chi connectivity index (χ1v) is 10.6. The number of nitrogens with zero attached hydrogens (tertiary/aromatic N) is 3. The van der Waals surface area contributed by atoms with Gasteiger partial charge in [-0.15, -0.1) is 11.3 Å². The third-order valence-corrected chi connectivity index (χ3v) is 6.04. The normalized spacial score (nSPS) is 12.0. The van der Waals surface area contributed by atoms with Crippen molar-refractivity contribution in [1.82, 2.24) is 15.1 Å². The highest BCUT2D eigenvalue weighted by molar-refractivity contribution is 7.89. The zero-order valence-corrected chi connectivity index (χ0v) is 15.9. The zero-order valence-electron chi connectivity index (χ0n) is 14.3. The lowest BCUT2D eigenvalue weighted by atomic mass is 10.0. The van der Waals surface area contributed by atoms with E-state index in [9.17, 15) is 8.42 Å². The molecule has 0 aliphatic rings. The number of hydrogen-bond acceptors (Lipinski definition) is 7. The lowest BCUT2D eigenvalue weighted by molar-refractivity contribution is 0.388. The molecule has 0 aliphatic heterocycles. The van der Waals surface area contributed by atoms with E-state index >= 15 is 0 Å². The number of thiazole rings is 1. The van der Waals surface area contributed by atoms with Crippen LogP contribution in [0.1, 0.15) is 42.7 Å². The molecule has 0 saturated carbocycles. The van der Waals surface area contributed by atoms with Crippen LogP contribution in [0.4, 0.5) is 0 Å². The van der Waals surface area contributed by atoms with Gasteiger partial charge in [-0.05, 0) is 11.5 Å². The fourth-order valence-corrected chi connectivity index (χ4v) is 4.53. The minimum atomic E-state index is -3.40. The number of hydrogen-bond donors (Lipinski definition) is 0. The van der Waals surface area contributed by atoms with Crippen LogP contribution < -0.4 is 0 Å². The maximum Gasteiger partial charge on any atom is 0.223 e. The second-order valence-corrected chi connectivity index (χ2v) is 9.11. The Morgan fingerprint density at radius 1 is 1.12 bits per heavy atom. The highest BCUT2D eigenvalue weighted by atomic mass is 32.2. The van der Waals surface area contributed by atoms with Gasteiger partial charge in [0.15, 0.2) is 15.7 Å². The summed E-state index contributed by atoms with van der Waals surface area (Å²) in [5.41, 5.74) is 2.79. The van der Waals surface area contributed by atoms with E-state index in [1.807, 2.05) is 12.1 Å². The van der Waals surface area contributed by atoms with Crippen molar-refractivity contribution >= 4 is 21.2 Å². The fraction of sp³-hybridized carbons (Fsp3) is 0.353. The highest BCUT2D eigenvalue weighted by Gasteiger charge is 2.19. The van der Waals surface area contributed by atoms with Gasteiger partial charge in [-0.2, -0.15) is 4.98 Å². The van der Waals surface area contributed by atoms with Crippen molar-refractivity contribution in [3.8, 4) is 10.6 Å². The van der Waals surface area contributed by atoms with E-state index in [2.05, 4.69) is 41.1 Å². The molecule has 0 spiro atoms. The van der Waals surface area contributed by atoms with Gasteiger partial charge in [0, 0.05) is 17.9 Å². The summed E-state index contributed by atoms with van der Waals surface area (Å²) in [6, 6.07) is 8.20. The molecule has 0 N–H and O–H groups in total. The largest absolute Gasteiger partial charge is 0.340 e. The summed E-state index contributed by atoms with van der Waals surface area (Å²) in [5.74, 6) is 0.615.